The number of rotatable bonds is 4. The minimum atomic E-state index is 0. The van der Waals surface area contributed by atoms with Gasteiger partial charge in [0.2, 0.25) is 0 Å². The van der Waals surface area contributed by atoms with Crippen LogP contribution in [0, 0.1) is 6.92 Å². The van der Waals surface area contributed by atoms with Crippen molar-refractivity contribution in [1.29, 1.82) is 0 Å². The van der Waals surface area contributed by atoms with Crippen LogP contribution in [0.3, 0.4) is 0 Å². The Morgan fingerprint density at radius 2 is 1.04 bits per heavy atom. The molecule has 28 heavy (non-hydrogen) atoms. The van der Waals surface area contributed by atoms with Crippen LogP contribution in [0.2, 0.25) is 0 Å². The first-order valence-corrected chi connectivity index (χ1v) is 8.32. The number of para-hydroxylation sites is 2. The summed E-state index contributed by atoms with van der Waals surface area (Å²) in [6.45, 7) is 6.05. The molecule has 3 aromatic rings. The summed E-state index contributed by atoms with van der Waals surface area (Å²) in [5.41, 5.74) is 6.54. The molecule has 0 aliphatic rings. The van der Waals surface area contributed by atoms with Gasteiger partial charge >= 0.3 is 16.8 Å². The van der Waals surface area contributed by atoms with E-state index in [1.54, 1.807) is 0 Å². The molecule has 0 atom stereocenters. The normalized spacial score (nSPS) is 11.0. The second kappa shape index (κ2) is 12.5. The fraction of sp³-hybridized carbons (Fsp3) is 0.136. The van der Waals surface area contributed by atoms with E-state index in [1.807, 2.05) is 74.5 Å². The molecule has 1 radical (unpaired) electrons. The zero-order valence-electron chi connectivity index (χ0n) is 15.9. The first-order chi connectivity index (χ1) is 12.1. The topological polar surface area (TPSA) is 37.6 Å². The number of aryl methyl sites for hydroxylation is 1. The van der Waals surface area contributed by atoms with Gasteiger partial charge in [-0.05, 0) is 62.7 Å². The first kappa shape index (κ1) is 26.0. The molecule has 0 amide bonds. The van der Waals surface area contributed by atoms with E-state index in [0.717, 1.165) is 39.7 Å². The number of hydrogen-bond donors (Lipinski definition) is 0. The molecule has 3 rings (SSSR count). The van der Waals surface area contributed by atoms with Crippen LogP contribution >= 0.6 is 0 Å². The largest absolute Gasteiger partial charge is 2.00 e. The Bertz CT molecular complexity index is 853. The molecule has 0 fully saturated rings. The minimum absolute atomic E-state index is 0. The average molecular weight is 457 g/mol. The van der Waals surface area contributed by atoms with Crippen LogP contribution in [-0.2, 0) is 16.8 Å². The molecule has 0 aliphatic carbocycles. The van der Waals surface area contributed by atoms with Gasteiger partial charge in [0.25, 0.3) is 0 Å². The molecule has 1 aromatic heterocycles. The summed E-state index contributed by atoms with van der Waals surface area (Å²) in [7, 11) is 0. The fourth-order valence-electron chi connectivity index (χ4n) is 2.54. The van der Waals surface area contributed by atoms with E-state index in [0.29, 0.717) is 0 Å². The van der Waals surface area contributed by atoms with Crippen molar-refractivity contribution in [1.82, 2.24) is 4.98 Å². The van der Waals surface area contributed by atoms with Crippen molar-refractivity contribution in [2.75, 3.05) is 0 Å². The van der Waals surface area contributed by atoms with Gasteiger partial charge in [0, 0.05) is 0 Å². The predicted molar refractivity (Wildman–Crippen MR) is 106 cm³/mol. The third-order valence-corrected chi connectivity index (χ3v) is 3.82. The van der Waals surface area contributed by atoms with Crippen molar-refractivity contribution in [3.8, 4) is 0 Å². The van der Waals surface area contributed by atoms with Crippen LogP contribution in [0.25, 0.3) is 0 Å². The predicted octanol–water partition coefficient (Wildman–Crippen LogP) is -0.323. The maximum absolute atomic E-state index is 4.76. The molecule has 3 nitrogen and oxygen atoms in total. The Morgan fingerprint density at radius 1 is 0.679 bits per heavy atom. The second-order valence-corrected chi connectivity index (χ2v) is 5.98. The van der Waals surface area contributed by atoms with Gasteiger partial charge in [0.15, 0.2) is 0 Å². The van der Waals surface area contributed by atoms with Gasteiger partial charge in [0.05, 0.1) is 34.2 Å². The van der Waals surface area contributed by atoms with Gasteiger partial charge < -0.3 is 24.8 Å². The Kier molecular flexibility index (Phi) is 11.6. The SMILES string of the molecule is CC(=Nc1ccccc1)c1cc(C)cc(C(C)=Nc2ccccc2)n1.[Cl-].[Cl-].[Co+2]. The third-order valence-electron chi connectivity index (χ3n) is 3.82. The maximum Gasteiger partial charge on any atom is 2.00 e. The Labute approximate surface area is 189 Å². The Hall–Kier alpha value is -1.98. The maximum atomic E-state index is 4.76. The van der Waals surface area contributed by atoms with Gasteiger partial charge in [-0.3, -0.25) is 9.98 Å². The van der Waals surface area contributed by atoms with Crippen molar-refractivity contribution in [3.05, 3.63) is 89.7 Å². The van der Waals surface area contributed by atoms with Crippen LogP contribution in [0.15, 0.2) is 82.8 Å². The molecular formula is C22H21Cl2CoN3. The molecule has 147 valence electrons. The number of hydrogen-bond acceptors (Lipinski definition) is 3. The zero-order valence-corrected chi connectivity index (χ0v) is 18.4. The Morgan fingerprint density at radius 3 is 1.39 bits per heavy atom. The van der Waals surface area contributed by atoms with Crippen molar-refractivity contribution < 1.29 is 41.6 Å². The van der Waals surface area contributed by atoms with E-state index in [4.69, 9.17) is 4.98 Å². The van der Waals surface area contributed by atoms with E-state index in [2.05, 4.69) is 29.0 Å². The molecule has 2 aromatic carbocycles. The van der Waals surface area contributed by atoms with Crippen molar-refractivity contribution >= 4 is 22.8 Å². The van der Waals surface area contributed by atoms with E-state index < -0.39 is 0 Å². The van der Waals surface area contributed by atoms with Crippen molar-refractivity contribution in [2.45, 2.75) is 20.8 Å². The first-order valence-electron chi connectivity index (χ1n) is 8.32. The van der Waals surface area contributed by atoms with Crippen LogP contribution in [0.5, 0.6) is 0 Å². The van der Waals surface area contributed by atoms with Gasteiger partial charge in [-0.1, -0.05) is 36.4 Å². The molecule has 0 spiro atoms. The summed E-state index contributed by atoms with van der Waals surface area (Å²) in [5.74, 6) is 0. The molecule has 0 unspecified atom stereocenters. The number of benzene rings is 2. The molecule has 0 saturated carbocycles. The smallest absolute Gasteiger partial charge is 1.00 e. The number of aliphatic imine (C=N–C) groups is 2. The standard InChI is InChI=1S/C22H21N3.2ClH.Co/c1-16-14-21(17(2)23-19-10-6-4-7-11-19)25-22(15-16)18(3)24-20-12-8-5-9-13-20;;;/h4-15H,1-3H3;2*1H;/q;;;+2/p-2. The molecule has 0 bridgehead atoms. The molecule has 0 aliphatic heterocycles. The summed E-state index contributed by atoms with van der Waals surface area (Å²) < 4.78 is 0. The summed E-state index contributed by atoms with van der Waals surface area (Å²) >= 11 is 0. The quantitative estimate of drug-likeness (QED) is 0.495. The average Bonchev–Trinajstić information content (AvgIpc) is 2.63. The molecular weight excluding hydrogens is 436 g/mol. The molecule has 6 heteroatoms. The summed E-state index contributed by atoms with van der Waals surface area (Å²) in [6, 6.07) is 24.0. The van der Waals surface area contributed by atoms with Crippen LogP contribution in [0.1, 0.15) is 30.8 Å². The van der Waals surface area contributed by atoms with Gasteiger partial charge in [-0.2, -0.15) is 0 Å². The molecule has 0 N–H and O–H groups in total. The summed E-state index contributed by atoms with van der Waals surface area (Å²) in [5, 5.41) is 0. The number of aromatic nitrogens is 1. The van der Waals surface area contributed by atoms with Gasteiger partial charge in [0.1, 0.15) is 0 Å². The zero-order chi connectivity index (χ0) is 17.6. The van der Waals surface area contributed by atoms with Gasteiger partial charge in [-0.15, -0.1) is 0 Å². The summed E-state index contributed by atoms with van der Waals surface area (Å²) in [6.07, 6.45) is 0. The van der Waals surface area contributed by atoms with Crippen LogP contribution in [-0.4, -0.2) is 16.4 Å². The second-order valence-electron chi connectivity index (χ2n) is 5.98. The number of nitrogens with zero attached hydrogens (tertiary/aromatic N) is 3. The van der Waals surface area contributed by atoms with Crippen molar-refractivity contribution in [3.63, 3.8) is 0 Å². The van der Waals surface area contributed by atoms with E-state index in [9.17, 15) is 0 Å². The summed E-state index contributed by atoms with van der Waals surface area (Å²) in [4.78, 5) is 14.1. The minimum Gasteiger partial charge on any atom is -1.00 e. The Balaban J connectivity index is 0.00000243. The van der Waals surface area contributed by atoms with E-state index in [-0.39, 0.29) is 41.6 Å². The molecule has 1 heterocycles. The fourth-order valence-corrected chi connectivity index (χ4v) is 2.54. The van der Waals surface area contributed by atoms with E-state index in [1.165, 1.54) is 0 Å². The monoisotopic (exact) mass is 456 g/mol. The van der Waals surface area contributed by atoms with Crippen molar-refractivity contribution in [2.24, 2.45) is 9.98 Å². The molecule has 0 saturated heterocycles. The van der Waals surface area contributed by atoms with E-state index >= 15 is 0 Å². The van der Waals surface area contributed by atoms with Gasteiger partial charge in [-0.25, -0.2) is 4.98 Å². The third kappa shape index (κ3) is 7.21. The number of halogens is 2. The number of pyridine rings is 1. The van der Waals surface area contributed by atoms with Crippen LogP contribution < -0.4 is 24.8 Å². The van der Waals surface area contributed by atoms with Crippen LogP contribution in [0.4, 0.5) is 11.4 Å².